The largest absolute Gasteiger partial charge is 0.456 e. The van der Waals surface area contributed by atoms with Crippen LogP contribution in [0.5, 0.6) is 0 Å². The topological polar surface area (TPSA) is 32.8 Å². The predicted octanol–water partition coefficient (Wildman–Crippen LogP) is 4.31. The summed E-state index contributed by atoms with van der Waals surface area (Å²) in [6, 6.07) is 9.37. The molecule has 0 saturated carbocycles. The highest BCUT2D eigenvalue weighted by atomic mass is 16.5. The molecule has 152 valence electrons. The number of nitrogens with zero attached hydrogens (tertiary/aromatic N) is 2. The molecule has 4 heteroatoms. The van der Waals surface area contributed by atoms with E-state index in [-0.39, 0.29) is 12.1 Å². The van der Waals surface area contributed by atoms with Crippen molar-refractivity contribution in [1.29, 1.82) is 0 Å². The van der Waals surface area contributed by atoms with Crippen molar-refractivity contribution in [3.63, 3.8) is 0 Å². The standard InChI is InChI=1S/C23H38N2O2/c1-19(2)15-25(16-20(3)4)18-22(17-24-13-9-6-10-14-24)27-23(26)21-11-7-5-8-12-21/h5,7-8,11-12,19-20,22H,6,9-10,13-18H2,1-4H3. The van der Waals surface area contributed by atoms with Gasteiger partial charge in [-0.15, -0.1) is 0 Å². The lowest BCUT2D eigenvalue weighted by Gasteiger charge is -2.34. The van der Waals surface area contributed by atoms with Crippen molar-refractivity contribution in [2.24, 2.45) is 11.8 Å². The summed E-state index contributed by atoms with van der Waals surface area (Å²) in [5.74, 6) is 1.00. The minimum atomic E-state index is -0.202. The van der Waals surface area contributed by atoms with Gasteiger partial charge in [0, 0.05) is 26.2 Å². The van der Waals surface area contributed by atoms with E-state index in [1.807, 2.05) is 30.3 Å². The molecule has 0 aromatic heterocycles. The highest BCUT2D eigenvalue weighted by molar-refractivity contribution is 5.89. The molecule has 27 heavy (non-hydrogen) atoms. The highest BCUT2D eigenvalue weighted by Crippen LogP contribution is 2.14. The Hall–Kier alpha value is -1.39. The number of carbonyl (C=O) groups is 1. The van der Waals surface area contributed by atoms with Gasteiger partial charge in [0.15, 0.2) is 0 Å². The van der Waals surface area contributed by atoms with E-state index in [9.17, 15) is 4.79 Å². The number of piperidine rings is 1. The van der Waals surface area contributed by atoms with E-state index in [0.717, 1.165) is 39.3 Å². The number of esters is 1. The summed E-state index contributed by atoms with van der Waals surface area (Å²) in [5, 5.41) is 0. The molecule has 0 aliphatic carbocycles. The van der Waals surface area contributed by atoms with Crippen molar-refractivity contribution < 1.29 is 9.53 Å². The molecule has 1 aliphatic heterocycles. The van der Waals surface area contributed by atoms with Crippen LogP contribution in [0.2, 0.25) is 0 Å². The molecule has 1 aliphatic rings. The average molecular weight is 375 g/mol. The summed E-state index contributed by atoms with van der Waals surface area (Å²) in [5.41, 5.74) is 0.639. The van der Waals surface area contributed by atoms with Gasteiger partial charge in [0.25, 0.3) is 0 Å². The first-order valence-electron chi connectivity index (χ1n) is 10.6. The van der Waals surface area contributed by atoms with Crippen molar-refractivity contribution in [2.75, 3.05) is 39.3 Å². The lowest BCUT2D eigenvalue weighted by atomic mass is 10.1. The molecule has 0 radical (unpaired) electrons. The van der Waals surface area contributed by atoms with Gasteiger partial charge in [-0.1, -0.05) is 52.3 Å². The molecular weight excluding hydrogens is 336 g/mol. The Morgan fingerprint density at radius 2 is 1.56 bits per heavy atom. The van der Waals surface area contributed by atoms with E-state index in [1.165, 1.54) is 19.3 Å². The third-order valence-electron chi connectivity index (χ3n) is 4.90. The van der Waals surface area contributed by atoms with Gasteiger partial charge in [-0.2, -0.15) is 0 Å². The van der Waals surface area contributed by atoms with Crippen molar-refractivity contribution in [2.45, 2.75) is 53.1 Å². The fraction of sp³-hybridized carbons (Fsp3) is 0.696. The quantitative estimate of drug-likeness (QED) is 0.571. The summed E-state index contributed by atoms with van der Waals surface area (Å²) in [7, 11) is 0. The van der Waals surface area contributed by atoms with Crippen LogP contribution >= 0.6 is 0 Å². The van der Waals surface area contributed by atoms with Crippen LogP contribution in [0.4, 0.5) is 0 Å². The minimum Gasteiger partial charge on any atom is -0.456 e. The number of hydrogen-bond donors (Lipinski definition) is 0. The average Bonchev–Trinajstić information content (AvgIpc) is 2.62. The molecule has 1 fully saturated rings. The van der Waals surface area contributed by atoms with Crippen molar-refractivity contribution in [3.8, 4) is 0 Å². The third-order valence-corrected chi connectivity index (χ3v) is 4.90. The highest BCUT2D eigenvalue weighted by Gasteiger charge is 2.24. The maximum Gasteiger partial charge on any atom is 0.338 e. The van der Waals surface area contributed by atoms with E-state index < -0.39 is 0 Å². The number of carbonyl (C=O) groups excluding carboxylic acids is 1. The zero-order valence-electron chi connectivity index (χ0n) is 17.7. The maximum atomic E-state index is 12.7. The molecule has 0 bridgehead atoms. The first-order chi connectivity index (χ1) is 12.9. The smallest absolute Gasteiger partial charge is 0.338 e. The predicted molar refractivity (Wildman–Crippen MR) is 112 cm³/mol. The minimum absolute atomic E-state index is 0.0895. The SMILES string of the molecule is CC(C)CN(CC(C)C)CC(CN1CCCCC1)OC(=O)c1ccccc1. The number of hydrogen-bond acceptors (Lipinski definition) is 4. The molecule has 4 nitrogen and oxygen atoms in total. The normalized spacial score (nSPS) is 16.9. The lowest BCUT2D eigenvalue weighted by molar-refractivity contribution is 0.00479. The molecule has 0 amide bonds. The molecule has 1 heterocycles. The molecule has 1 unspecified atom stereocenters. The van der Waals surface area contributed by atoms with Crippen LogP contribution in [-0.2, 0) is 4.74 Å². The van der Waals surface area contributed by atoms with Gasteiger partial charge >= 0.3 is 5.97 Å². The maximum absolute atomic E-state index is 12.7. The van der Waals surface area contributed by atoms with Gasteiger partial charge in [-0.05, 0) is 49.9 Å². The summed E-state index contributed by atoms with van der Waals surface area (Å²) in [6.07, 6.45) is 3.73. The molecule has 2 rings (SSSR count). The molecule has 0 N–H and O–H groups in total. The monoisotopic (exact) mass is 374 g/mol. The fourth-order valence-corrected chi connectivity index (χ4v) is 3.90. The Morgan fingerprint density at radius 3 is 2.11 bits per heavy atom. The van der Waals surface area contributed by atoms with Crippen LogP contribution in [0.25, 0.3) is 0 Å². The van der Waals surface area contributed by atoms with Gasteiger partial charge in [-0.3, -0.25) is 9.80 Å². The van der Waals surface area contributed by atoms with Crippen LogP contribution in [-0.4, -0.2) is 61.1 Å². The Balaban J connectivity index is 2.05. The molecular formula is C23H38N2O2. The first-order valence-corrected chi connectivity index (χ1v) is 10.6. The fourth-order valence-electron chi connectivity index (χ4n) is 3.90. The van der Waals surface area contributed by atoms with Crippen LogP contribution < -0.4 is 0 Å². The van der Waals surface area contributed by atoms with Crippen LogP contribution in [0.15, 0.2) is 30.3 Å². The molecule has 0 spiro atoms. The van der Waals surface area contributed by atoms with E-state index >= 15 is 0 Å². The summed E-state index contributed by atoms with van der Waals surface area (Å²) >= 11 is 0. The van der Waals surface area contributed by atoms with Gasteiger partial charge < -0.3 is 4.74 Å². The summed E-state index contributed by atoms with van der Waals surface area (Å²) in [4.78, 5) is 17.6. The number of benzene rings is 1. The Kier molecular flexibility index (Phi) is 9.29. The third kappa shape index (κ3) is 8.44. The van der Waals surface area contributed by atoms with E-state index in [4.69, 9.17) is 4.74 Å². The summed E-state index contributed by atoms with van der Waals surface area (Å²) in [6.45, 7) is 15.0. The van der Waals surface area contributed by atoms with E-state index in [2.05, 4.69) is 37.5 Å². The van der Waals surface area contributed by atoms with Gasteiger partial charge in [0.05, 0.1) is 5.56 Å². The second kappa shape index (κ2) is 11.5. The molecule has 1 saturated heterocycles. The van der Waals surface area contributed by atoms with Gasteiger partial charge in [-0.25, -0.2) is 4.79 Å². The second-order valence-corrected chi connectivity index (χ2v) is 8.76. The van der Waals surface area contributed by atoms with Gasteiger partial charge in [0.2, 0.25) is 0 Å². The summed E-state index contributed by atoms with van der Waals surface area (Å²) < 4.78 is 6.01. The van der Waals surface area contributed by atoms with Crippen LogP contribution in [0.3, 0.4) is 0 Å². The zero-order valence-corrected chi connectivity index (χ0v) is 17.7. The Bertz CT molecular complexity index is 529. The first kappa shape index (κ1) is 21.9. The lowest BCUT2D eigenvalue weighted by Crippen LogP contribution is -2.45. The molecule has 1 aromatic rings. The van der Waals surface area contributed by atoms with Crippen molar-refractivity contribution in [1.82, 2.24) is 9.80 Å². The van der Waals surface area contributed by atoms with Crippen LogP contribution in [0.1, 0.15) is 57.3 Å². The Labute approximate surface area is 165 Å². The van der Waals surface area contributed by atoms with Gasteiger partial charge in [0.1, 0.15) is 6.10 Å². The number of ether oxygens (including phenoxy) is 1. The number of rotatable bonds is 10. The van der Waals surface area contributed by atoms with Crippen molar-refractivity contribution in [3.05, 3.63) is 35.9 Å². The molecule has 1 atom stereocenters. The Morgan fingerprint density at radius 1 is 0.963 bits per heavy atom. The second-order valence-electron chi connectivity index (χ2n) is 8.76. The van der Waals surface area contributed by atoms with E-state index in [1.54, 1.807) is 0 Å². The zero-order chi connectivity index (χ0) is 19.6. The van der Waals surface area contributed by atoms with E-state index in [0.29, 0.717) is 17.4 Å². The molecule has 1 aromatic carbocycles. The van der Waals surface area contributed by atoms with Crippen LogP contribution in [0, 0.1) is 11.8 Å². The van der Waals surface area contributed by atoms with Crippen molar-refractivity contribution >= 4 is 5.97 Å². The number of likely N-dealkylation sites (tertiary alicyclic amines) is 1.